The first-order chi connectivity index (χ1) is 29.0. The largest absolute Gasteiger partial charge is 0.420 e. The fourth-order valence-corrected chi connectivity index (χ4v) is 5.80. The van der Waals surface area contributed by atoms with E-state index in [1.807, 2.05) is 4.90 Å². The molecule has 1 N–H and O–H groups in total. The van der Waals surface area contributed by atoms with Crippen LogP contribution in [0.1, 0.15) is 26.2 Å². The Hall–Kier alpha value is -2.65. The molecule has 2 rings (SSSR count). The smallest absolute Gasteiger partial charge is 0.313 e. The van der Waals surface area contributed by atoms with E-state index in [1.165, 1.54) is 0 Å². The molecule has 1 saturated heterocycles. The van der Waals surface area contributed by atoms with Crippen LogP contribution in [-0.2, 0) is 67.1 Å². The molecule has 0 spiro atoms. The van der Waals surface area contributed by atoms with Gasteiger partial charge in [-0.1, -0.05) is 6.92 Å². The number of esters is 1. The molecular formula is C37H60F4N2O16S. The van der Waals surface area contributed by atoms with Gasteiger partial charge in [-0.05, 0) is 13.0 Å². The van der Waals surface area contributed by atoms with Crippen LogP contribution in [0, 0.1) is 23.3 Å². The number of hydrogen-bond acceptors (Lipinski definition) is 16. The molecule has 23 heteroatoms. The Balaban J connectivity index is 1.24. The van der Waals surface area contributed by atoms with Gasteiger partial charge in [-0.15, -0.1) is 0 Å². The standard InChI is InChI=1S/C37H60F4N2O16S/c1-2-5-42-6-8-43(9-7-42)30(44)3-10-49-12-14-51-16-18-53-20-22-55-24-26-57-28-29-58-27-25-56-23-21-54-19-17-52-15-13-50-11-4-31(45)59-36-32(38)34(40)37(60(46,47)48)35(41)33(36)39/h2-29H2,1H3,(H,46,47,48). The maximum absolute atomic E-state index is 14.0. The van der Waals surface area contributed by atoms with Gasteiger partial charge in [0.1, 0.15) is 0 Å². The number of amides is 1. The molecule has 348 valence electrons. The first-order valence-electron chi connectivity index (χ1n) is 19.8. The summed E-state index contributed by atoms with van der Waals surface area (Å²) in [4.78, 5) is 26.1. The normalized spacial score (nSPS) is 13.7. The predicted molar refractivity (Wildman–Crippen MR) is 202 cm³/mol. The molecule has 0 bridgehead atoms. The van der Waals surface area contributed by atoms with Crippen LogP contribution in [0.15, 0.2) is 4.90 Å². The molecule has 1 aromatic rings. The number of piperazine rings is 1. The van der Waals surface area contributed by atoms with Gasteiger partial charge >= 0.3 is 16.1 Å². The number of rotatable bonds is 37. The second-order valence-electron chi connectivity index (χ2n) is 12.7. The quantitative estimate of drug-likeness (QED) is 0.0254. The first kappa shape index (κ1) is 53.5. The lowest BCUT2D eigenvalue weighted by molar-refractivity contribution is -0.136. The molecule has 1 aliphatic heterocycles. The zero-order chi connectivity index (χ0) is 43.9. The summed E-state index contributed by atoms with van der Waals surface area (Å²) in [6, 6.07) is 0. The van der Waals surface area contributed by atoms with E-state index in [1.54, 1.807) is 0 Å². The number of carbonyl (C=O) groups is 2. The second kappa shape index (κ2) is 33.0. The van der Waals surface area contributed by atoms with Gasteiger partial charge in [0.25, 0.3) is 0 Å². The average Bonchev–Trinajstić information content (AvgIpc) is 3.22. The summed E-state index contributed by atoms with van der Waals surface area (Å²) in [5.74, 6) is -12.5. The van der Waals surface area contributed by atoms with E-state index < -0.39 is 56.4 Å². The third-order valence-corrected chi connectivity index (χ3v) is 9.05. The lowest BCUT2D eigenvalue weighted by atomic mass is 10.2. The highest BCUT2D eigenvalue weighted by molar-refractivity contribution is 7.85. The Kier molecular flexibility index (Phi) is 29.4. The minimum Gasteiger partial charge on any atom is -0.420 e. The highest BCUT2D eigenvalue weighted by atomic mass is 32.2. The van der Waals surface area contributed by atoms with E-state index in [0.29, 0.717) is 106 Å². The summed E-state index contributed by atoms with van der Waals surface area (Å²) < 4.78 is 145. The second-order valence-corrected chi connectivity index (χ2v) is 14.1. The Bertz CT molecular complexity index is 1420. The van der Waals surface area contributed by atoms with Crippen molar-refractivity contribution in [2.24, 2.45) is 0 Å². The molecule has 0 aromatic heterocycles. The summed E-state index contributed by atoms with van der Waals surface area (Å²) in [7, 11) is -5.64. The molecule has 0 aliphatic carbocycles. The van der Waals surface area contributed by atoms with E-state index in [-0.39, 0.29) is 38.9 Å². The zero-order valence-corrected chi connectivity index (χ0v) is 35.0. The van der Waals surface area contributed by atoms with Crippen molar-refractivity contribution >= 4 is 22.0 Å². The number of hydrogen-bond donors (Lipinski definition) is 1. The van der Waals surface area contributed by atoms with Crippen molar-refractivity contribution in [3.63, 3.8) is 0 Å². The minimum atomic E-state index is -5.64. The van der Waals surface area contributed by atoms with E-state index >= 15 is 0 Å². The van der Waals surface area contributed by atoms with Crippen molar-refractivity contribution in [2.45, 2.75) is 31.1 Å². The van der Waals surface area contributed by atoms with Gasteiger partial charge in [0.05, 0.1) is 145 Å². The predicted octanol–water partition coefficient (Wildman–Crippen LogP) is 1.90. The lowest BCUT2D eigenvalue weighted by Gasteiger charge is -2.34. The zero-order valence-electron chi connectivity index (χ0n) is 34.2. The Morgan fingerprint density at radius 2 is 0.833 bits per heavy atom. The summed E-state index contributed by atoms with van der Waals surface area (Å²) in [6.45, 7) is 13.3. The van der Waals surface area contributed by atoms with Crippen LogP contribution >= 0.6 is 0 Å². The molecule has 0 atom stereocenters. The van der Waals surface area contributed by atoms with Crippen LogP contribution < -0.4 is 4.74 Å². The average molecular weight is 897 g/mol. The molecule has 1 aromatic carbocycles. The Morgan fingerprint density at radius 3 is 1.15 bits per heavy atom. The number of ether oxygens (including phenoxy) is 11. The third-order valence-electron chi connectivity index (χ3n) is 8.18. The van der Waals surface area contributed by atoms with E-state index in [2.05, 4.69) is 16.6 Å². The molecule has 0 unspecified atom stereocenters. The molecule has 1 heterocycles. The maximum Gasteiger partial charge on any atom is 0.313 e. The van der Waals surface area contributed by atoms with Crippen LogP contribution in [0.4, 0.5) is 17.6 Å². The Morgan fingerprint density at radius 1 is 0.517 bits per heavy atom. The molecule has 1 aliphatic rings. The number of carbonyl (C=O) groups excluding carboxylic acids is 2. The van der Waals surface area contributed by atoms with Gasteiger partial charge < -0.3 is 57.0 Å². The Labute approximate surface area is 348 Å². The number of benzene rings is 1. The van der Waals surface area contributed by atoms with Gasteiger partial charge in [0, 0.05) is 26.2 Å². The van der Waals surface area contributed by atoms with Gasteiger partial charge in [-0.25, -0.2) is 8.78 Å². The van der Waals surface area contributed by atoms with Crippen molar-refractivity contribution in [2.75, 3.05) is 165 Å². The summed E-state index contributed by atoms with van der Waals surface area (Å²) in [6.07, 6.45) is 0.952. The highest BCUT2D eigenvalue weighted by Gasteiger charge is 2.34. The molecule has 1 amide bonds. The molecule has 60 heavy (non-hydrogen) atoms. The molecule has 0 radical (unpaired) electrons. The van der Waals surface area contributed by atoms with Gasteiger partial charge in [-0.3, -0.25) is 19.0 Å². The number of halogens is 4. The van der Waals surface area contributed by atoms with Crippen LogP contribution in [0.5, 0.6) is 5.75 Å². The summed E-state index contributed by atoms with van der Waals surface area (Å²) in [5, 5.41) is 0. The lowest BCUT2D eigenvalue weighted by Crippen LogP contribution is -2.48. The highest BCUT2D eigenvalue weighted by Crippen LogP contribution is 2.32. The van der Waals surface area contributed by atoms with Crippen molar-refractivity contribution in [3.05, 3.63) is 23.3 Å². The molecule has 1 fully saturated rings. The summed E-state index contributed by atoms with van der Waals surface area (Å²) >= 11 is 0. The molecule has 18 nitrogen and oxygen atoms in total. The van der Waals surface area contributed by atoms with E-state index in [9.17, 15) is 35.6 Å². The number of nitrogens with zero attached hydrogens (tertiary/aromatic N) is 2. The fraction of sp³-hybridized carbons (Fsp3) is 0.784. The topological polar surface area (TPSA) is 197 Å². The van der Waals surface area contributed by atoms with Gasteiger partial charge in [0.15, 0.2) is 16.5 Å². The molecule has 0 saturated carbocycles. The van der Waals surface area contributed by atoms with E-state index in [4.69, 9.17) is 51.9 Å². The van der Waals surface area contributed by atoms with Crippen molar-refractivity contribution < 1.29 is 92.2 Å². The van der Waals surface area contributed by atoms with E-state index in [0.717, 1.165) is 39.1 Å². The molecular weight excluding hydrogens is 836 g/mol. The third kappa shape index (κ3) is 23.5. The van der Waals surface area contributed by atoms with Gasteiger partial charge in [0.2, 0.25) is 23.3 Å². The minimum absolute atomic E-state index is 0.0279. The van der Waals surface area contributed by atoms with Gasteiger partial charge in [-0.2, -0.15) is 17.2 Å². The van der Waals surface area contributed by atoms with Crippen molar-refractivity contribution in [1.29, 1.82) is 0 Å². The van der Waals surface area contributed by atoms with Crippen molar-refractivity contribution in [1.82, 2.24) is 9.80 Å². The maximum atomic E-state index is 14.0. The summed E-state index contributed by atoms with van der Waals surface area (Å²) in [5.41, 5.74) is 0. The van der Waals surface area contributed by atoms with Crippen LogP contribution in [0.25, 0.3) is 0 Å². The van der Waals surface area contributed by atoms with Crippen LogP contribution in [0.2, 0.25) is 0 Å². The SMILES string of the molecule is CCCN1CCN(C(=O)CCOCCOCCOCCOCCOCCOCCOCCOCCOCCOCCC(=O)Oc2c(F)c(F)c(S(=O)(=O)O)c(F)c2F)CC1. The monoisotopic (exact) mass is 896 g/mol. The van der Waals surface area contributed by atoms with Crippen LogP contribution in [-0.4, -0.2) is 200 Å². The fourth-order valence-electron chi connectivity index (χ4n) is 5.16. The van der Waals surface area contributed by atoms with Crippen LogP contribution in [0.3, 0.4) is 0 Å². The van der Waals surface area contributed by atoms with Crippen molar-refractivity contribution in [3.8, 4) is 5.75 Å². The first-order valence-corrected chi connectivity index (χ1v) is 21.2.